The van der Waals surface area contributed by atoms with Crippen molar-refractivity contribution in [1.29, 1.82) is 0 Å². The molecule has 1 aliphatic carbocycles. The van der Waals surface area contributed by atoms with E-state index >= 15 is 0 Å². The van der Waals surface area contributed by atoms with Crippen molar-refractivity contribution in [3.63, 3.8) is 0 Å². The van der Waals surface area contributed by atoms with Crippen molar-refractivity contribution in [2.75, 3.05) is 46.6 Å². The van der Waals surface area contributed by atoms with E-state index in [0.29, 0.717) is 37.5 Å². The van der Waals surface area contributed by atoms with E-state index in [1.807, 2.05) is 37.4 Å². The molecule has 2 unspecified atom stereocenters. The van der Waals surface area contributed by atoms with Crippen molar-refractivity contribution in [2.45, 2.75) is 38.3 Å². The fourth-order valence-electron chi connectivity index (χ4n) is 4.16. The summed E-state index contributed by atoms with van der Waals surface area (Å²) < 4.78 is 29.6. The molecule has 2 aromatic carbocycles. The van der Waals surface area contributed by atoms with E-state index in [2.05, 4.69) is 46.8 Å². The molecule has 1 aliphatic rings. The maximum Gasteiger partial charge on any atom is 0.123 e. The predicted octanol–water partition coefficient (Wildman–Crippen LogP) is 5.11. The molecule has 0 radical (unpaired) electrons. The van der Waals surface area contributed by atoms with E-state index in [1.54, 1.807) is 0 Å². The molecule has 34 heavy (non-hydrogen) atoms. The average molecular weight is 467 g/mol. The smallest absolute Gasteiger partial charge is 0.123 e. The summed E-state index contributed by atoms with van der Waals surface area (Å²) in [6, 6.07) is 16.8. The monoisotopic (exact) mass is 466 g/mol. The Labute approximate surface area is 204 Å². The molecule has 0 saturated heterocycles. The summed E-state index contributed by atoms with van der Waals surface area (Å²) >= 11 is 0. The average Bonchev–Trinajstić information content (AvgIpc) is 3.28. The van der Waals surface area contributed by atoms with Gasteiger partial charge in [-0.15, -0.1) is 12.8 Å². The molecule has 0 aromatic heterocycles. The maximum atomic E-state index is 12.5. The number of alkyl halides is 2. The molecule has 182 valence electrons. The van der Waals surface area contributed by atoms with Crippen molar-refractivity contribution < 1.29 is 13.5 Å². The first kappa shape index (κ1) is 27.4. The Morgan fingerprint density at radius 1 is 1.03 bits per heavy atom. The molecule has 0 saturated carbocycles. The van der Waals surface area contributed by atoms with E-state index in [4.69, 9.17) is 17.6 Å². The first-order valence-corrected chi connectivity index (χ1v) is 11.8. The summed E-state index contributed by atoms with van der Waals surface area (Å²) in [6.45, 7) is 3.08. The van der Waals surface area contributed by atoms with Crippen LogP contribution in [0, 0.1) is 24.7 Å². The molecular weight excluding hydrogens is 430 g/mol. The van der Waals surface area contributed by atoms with Gasteiger partial charge in [-0.3, -0.25) is 9.80 Å². The van der Waals surface area contributed by atoms with E-state index in [1.165, 1.54) is 16.7 Å². The lowest BCUT2D eigenvalue weighted by molar-refractivity contribution is 0.203. The molecular formula is C29H36F2N2O. The number of aryl methyl sites for hydroxylation is 1. The van der Waals surface area contributed by atoms with Gasteiger partial charge in [0.25, 0.3) is 0 Å². The van der Waals surface area contributed by atoms with Crippen LogP contribution in [0.5, 0.6) is 5.75 Å². The zero-order valence-corrected chi connectivity index (χ0v) is 20.4. The Kier molecular flexibility index (Phi) is 12.2. The number of hydrogen-bond acceptors (Lipinski definition) is 3. The number of ether oxygens (including phenoxy) is 1. The van der Waals surface area contributed by atoms with Crippen LogP contribution in [-0.4, -0.2) is 62.5 Å². The molecule has 0 bridgehead atoms. The van der Waals surface area contributed by atoms with Gasteiger partial charge in [-0.1, -0.05) is 48.2 Å². The fourth-order valence-corrected chi connectivity index (χ4v) is 4.16. The van der Waals surface area contributed by atoms with Gasteiger partial charge in [0, 0.05) is 18.6 Å². The number of rotatable bonds is 11. The van der Waals surface area contributed by atoms with Crippen LogP contribution < -0.4 is 4.74 Å². The third-order valence-electron chi connectivity index (χ3n) is 6.10. The van der Waals surface area contributed by atoms with E-state index in [0.717, 1.165) is 19.3 Å². The summed E-state index contributed by atoms with van der Waals surface area (Å²) in [5.74, 6) is 5.97. The van der Waals surface area contributed by atoms with E-state index in [9.17, 15) is 8.78 Å². The molecule has 2 atom stereocenters. The van der Waals surface area contributed by atoms with Crippen LogP contribution in [-0.2, 0) is 12.8 Å². The van der Waals surface area contributed by atoms with Crippen LogP contribution in [0.2, 0.25) is 0 Å². The molecule has 5 heteroatoms. The molecule has 3 rings (SSSR count). The lowest BCUT2D eigenvalue weighted by Crippen LogP contribution is -2.31. The lowest BCUT2D eigenvalue weighted by atomic mass is 10.1. The normalized spacial score (nSPS) is 15.1. The number of fused-ring (bicyclic) bond motifs is 1. The van der Waals surface area contributed by atoms with Gasteiger partial charge in [0.2, 0.25) is 0 Å². The van der Waals surface area contributed by atoms with Gasteiger partial charge in [0.05, 0.1) is 13.1 Å². The van der Waals surface area contributed by atoms with Gasteiger partial charge in [0.15, 0.2) is 0 Å². The van der Waals surface area contributed by atoms with Crippen LogP contribution >= 0.6 is 0 Å². The minimum absolute atomic E-state index is 0.112. The molecule has 3 nitrogen and oxygen atoms in total. The summed E-state index contributed by atoms with van der Waals surface area (Å²) in [5.41, 5.74) is 3.93. The van der Waals surface area contributed by atoms with Gasteiger partial charge in [-0.25, -0.2) is 8.78 Å². The highest BCUT2D eigenvalue weighted by Gasteiger charge is 2.26. The first-order valence-electron chi connectivity index (χ1n) is 11.8. The van der Waals surface area contributed by atoms with Gasteiger partial charge >= 0.3 is 0 Å². The summed E-state index contributed by atoms with van der Waals surface area (Å²) in [4.78, 5) is 4.19. The fraction of sp³-hybridized carbons (Fsp3) is 0.448. The number of terminal acetylenes is 2. The van der Waals surface area contributed by atoms with Crippen LogP contribution in [0.15, 0.2) is 48.5 Å². The molecule has 2 aromatic rings. The maximum absolute atomic E-state index is 12.5. The molecule has 0 amide bonds. The van der Waals surface area contributed by atoms with Crippen LogP contribution in [0.3, 0.4) is 0 Å². The first-order chi connectivity index (χ1) is 16.5. The Morgan fingerprint density at radius 3 is 2.38 bits per heavy atom. The highest BCUT2D eigenvalue weighted by Crippen LogP contribution is 2.35. The highest BCUT2D eigenvalue weighted by molar-refractivity contribution is 5.34. The van der Waals surface area contributed by atoms with Gasteiger partial charge in [0.1, 0.15) is 25.7 Å². The van der Waals surface area contributed by atoms with Gasteiger partial charge in [-0.2, -0.15) is 0 Å². The Bertz CT molecular complexity index is 932. The van der Waals surface area contributed by atoms with Crippen molar-refractivity contribution in [2.24, 2.45) is 0 Å². The molecule has 0 N–H and O–H groups in total. The molecule has 0 aliphatic heterocycles. The van der Waals surface area contributed by atoms with Crippen molar-refractivity contribution in [3.05, 3.63) is 65.2 Å². The Morgan fingerprint density at radius 2 is 1.74 bits per heavy atom. The summed E-state index contributed by atoms with van der Waals surface area (Å²) in [6.07, 6.45) is 13.7. The quantitative estimate of drug-likeness (QED) is 0.428. The largest absolute Gasteiger partial charge is 0.491 e. The minimum atomic E-state index is -0.463. The zero-order chi connectivity index (χ0) is 24.8. The van der Waals surface area contributed by atoms with E-state index in [-0.39, 0.29) is 13.3 Å². The van der Waals surface area contributed by atoms with Gasteiger partial charge < -0.3 is 4.74 Å². The molecule has 0 spiro atoms. The number of hydrogen-bond donors (Lipinski definition) is 0. The van der Waals surface area contributed by atoms with Crippen molar-refractivity contribution in [1.82, 2.24) is 9.80 Å². The number of halogens is 2. The van der Waals surface area contributed by atoms with Crippen molar-refractivity contribution >= 4 is 0 Å². The van der Waals surface area contributed by atoms with Gasteiger partial charge in [-0.05, 0) is 62.1 Å². The van der Waals surface area contributed by atoms with Crippen LogP contribution in [0.25, 0.3) is 0 Å². The topological polar surface area (TPSA) is 15.7 Å². The second kappa shape index (κ2) is 15.1. The summed E-state index contributed by atoms with van der Waals surface area (Å²) in [5, 5.41) is 0. The van der Waals surface area contributed by atoms with Crippen LogP contribution in [0.4, 0.5) is 8.78 Å². The third-order valence-corrected chi connectivity index (χ3v) is 6.10. The Balaban J connectivity index is 0.000000241. The molecule has 0 fully saturated rings. The van der Waals surface area contributed by atoms with E-state index < -0.39 is 6.67 Å². The zero-order valence-electron chi connectivity index (χ0n) is 20.4. The SMILES string of the molecule is C#CCN(C)C(C)Cc1ccc(OCCF)cc1.C#CCN(CCF)C1CCc2ccccc21. The molecule has 0 heterocycles. The number of nitrogens with zero attached hydrogens (tertiary/aromatic N) is 2. The third kappa shape index (κ3) is 8.49. The second-order valence-corrected chi connectivity index (χ2v) is 8.47. The lowest BCUT2D eigenvalue weighted by Gasteiger charge is -2.26. The Hall–Kier alpha value is -2.86. The second-order valence-electron chi connectivity index (χ2n) is 8.47. The standard InChI is InChI=1S/C15H20FNO.C14H16FN/c1-4-10-17(3)13(2)12-14-5-7-15(8-6-14)18-11-9-16;1-2-10-16(11-9-15)14-8-7-12-5-3-4-6-13(12)14/h1,5-8,13H,9-12H2,2-3H3;1,3-6,14H,7-11H2. The van der Waals surface area contributed by atoms with Crippen molar-refractivity contribution in [3.8, 4) is 30.4 Å². The van der Waals surface area contributed by atoms with Crippen LogP contribution in [0.1, 0.15) is 36.1 Å². The predicted molar refractivity (Wildman–Crippen MR) is 136 cm³/mol. The number of likely N-dealkylation sites (N-methyl/N-ethyl adjacent to an activating group) is 1. The summed E-state index contributed by atoms with van der Waals surface area (Å²) in [7, 11) is 2.02. The number of benzene rings is 2. The highest BCUT2D eigenvalue weighted by atomic mass is 19.1. The minimum Gasteiger partial charge on any atom is -0.491 e.